The number of benzene rings is 1. The van der Waals surface area contributed by atoms with E-state index in [1.54, 1.807) is 6.66 Å². The van der Waals surface area contributed by atoms with Crippen molar-refractivity contribution in [2.45, 2.75) is 11.6 Å². The van der Waals surface area contributed by atoms with E-state index in [0.29, 0.717) is 6.61 Å². The van der Waals surface area contributed by atoms with Crippen LogP contribution in [0.3, 0.4) is 0 Å². The lowest BCUT2D eigenvalue weighted by Crippen LogP contribution is -1.87. The molecule has 0 aliphatic heterocycles. The van der Waals surface area contributed by atoms with Crippen molar-refractivity contribution in [3.05, 3.63) is 35.9 Å². The first-order valence-electron chi connectivity index (χ1n) is 4.62. The van der Waals surface area contributed by atoms with Crippen molar-refractivity contribution in [1.82, 2.24) is 0 Å². The number of halogens is 2. The normalized spacial score (nSPS) is 11.2. The van der Waals surface area contributed by atoms with Gasteiger partial charge in [-0.25, -0.2) is 0 Å². The fraction of sp³-hybridized carbons (Fsp3) is 0.333. The maximum atomic E-state index is 10.5. The molecule has 1 atom stereocenters. The number of hydrogen-bond acceptors (Lipinski definition) is 5. The second kappa shape index (κ2) is 11.0. The van der Waals surface area contributed by atoms with E-state index in [1.165, 1.54) is 0 Å². The van der Waals surface area contributed by atoms with E-state index < -0.39 is 21.7 Å². The molecule has 0 saturated carbocycles. The second-order valence-corrected chi connectivity index (χ2v) is 5.69. The summed E-state index contributed by atoms with van der Waals surface area (Å²) in [5.41, 5.74) is 1.05. The van der Waals surface area contributed by atoms with E-state index in [-0.39, 0.29) is 0 Å². The van der Waals surface area contributed by atoms with Gasteiger partial charge in [0.1, 0.15) is 6.61 Å². The number of hydrogen-bond donors (Lipinski definition) is 2. The monoisotopic (exact) mass is 333 g/mol. The molecule has 1 aromatic rings. The van der Waals surface area contributed by atoms with E-state index in [2.05, 4.69) is 4.52 Å². The van der Waals surface area contributed by atoms with Crippen LogP contribution in [-0.2, 0) is 20.2 Å². The van der Waals surface area contributed by atoms with Crippen molar-refractivity contribution < 1.29 is 23.4 Å². The Bertz CT molecular complexity index is 331. The molecule has 1 rings (SSSR count). The molecule has 1 aromatic carbocycles. The summed E-state index contributed by atoms with van der Waals surface area (Å²) in [6.45, 7) is 1.99. The van der Waals surface area contributed by atoms with Crippen LogP contribution in [0.4, 0.5) is 0 Å². The van der Waals surface area contributed by atoms with Crippen molar-refractivity contribution in [2.75, 3.05) is 6.66 Å². The third kappa shape index (κ3) is 12.6. The van der Waals surface area contributed by atoms with Crippen molar-refractivity contribution in [3.63, 3.8) is 0 Å². The van der Waals surface area contributed by atoms with Crippen LogP contribution in [-0.4, -0.2) is 21.5 Å². The Balaban J connectivity index is 0.000000360. The van der Waals surface area contributed by atoms with Crippen LogP contribution in [0, 0.1) is 0 Å². The highest BCUT2D eigenvalue weighted by atomic mass is 35.5. The standard InChI is InChI=1S/C8H10O2P.CH3Cl2O3P/c1-11(9)10-7-8-5-3-2-4-6-8;2-1(3)6-7(4)5/h2-6H,7H2,1H3;1,4-5H/q+1;. The molecule has 0 heterocycles. The predicted octanol–water partition coefficient (Wildman–Crippen LogP) is 3.55. The van der Waals surface area contributed by atoms with Crippen LogP contribution in [0.2, 0.25) is 0 Å². The fourth-order valence-corrected chi connectivity index (χ4v) is 1.71. The maximum absolute atomic E-state index is 10.5. The lowest BCUT2D eigenvalue weighted by Gasteiger charge is -2.00. The van der Waals surface area contributed by atoms with Gasteiger partial charge in [-0.3, -0.25) is 4.52 Å². The Hall–Kier alpha value is 0.170. The van der Waals surface area contributed by atoms with Crippen LogP contribution >= 0.6 is 39.8 Å². The molecule has 102 valence electrons. The minimum Gasteiger partial charge on any atom is -0.328 e. The number of alkyl halides is 2. The van der Waals surface area contributed by atoms with Crippen LogP contribution in [0.1, 0.15) is 5.56 Å². The van der Waals surface area contributed by atoms with Crippen molar-refractivity contribution in [2.24, 2.45) is 0 Å². The van der Waals surface area contributed by atoms with E-state index in [4.69, 9.17) is 37.5 Å². The van der Waals surface area contributed by atoms with Gasteiger partial charge in [-0.15, -0.1) is 4.52 Å². The van der Waals surface area contributed by atoms with Gasteiger partial charge in [0.05, 0.1) is 0 Å². The van der Waals surface area contributed by atoms with E-state index >= 15 is 0 Å². The summed E-state index contributed by atoms with van der Waals surface area (Å²) in [6, 6.07) is 9.69. The van der Waals surface area contributed by atoms with Crippen LogP contribution < -0.4 is 0 Å². The van der Waals surface area contributed by atoms with Gasteiger partial charge in [-0.1, -0.05) is 53.5 Å². The molecule has 18 heavy (non-hydrogen) atoms. The molecule has 0 aliphatic rings. The summed E-state index contributed by atoms with van der Waals surface area (Å²) in [7, 11) is -3.88. The first-order valence-corrected chi connectivity index (χ1v) is 8.28. The van der Waals surface area contributed by atoms with Crippen LogP contribution in [0.15, 0.2) is 30.3 Å². The van der Waals surface area contributed by atoms with Gasteiger partial charge in [0.2, 0.25) is 5.02 Å². The molecule has 0 aliphatic carbocycles. The van der Waals surface area contributed by atoms with Gasteiger partial charge >= 0.3 is 16.6 Å². The zero-order chi connectivity index (χ0) is 14.0. The zero-order valence-corrected chi connectivity index (χ0v) is 12.7. The molecule has 1 unspecified atom stereocenters. The highest BCUT2D eigenvalue weighted by Gasteiger charge is 2.05. The molecular weight excluding hydrogens is 321 g/mol. The van der Waals surface area contributed by atoms with E-state index in [1.807, 2.05) is 30.3 Å². The molecule has 2 N–H and O–H groups in total. The SMILES string of the molecule is C[P+](=O)OCc1ccccc1.OP(O)OC(Cl)Cl. The average Bonchev–Trinajstić information content (AvgIpc) is 2.26. The summed E-state index contributed by atoms with van der Waals surface area (Å²) < 4.78 is 19.4. The molecule has 0 spiro atoms. The minimum absolute atomic E-state index is 0.437. The van der Waals surface area contributed by atoms with Crippen molar-refractivity contribution in [1.29, 1.82) is 0 Å². The predicted molar refractivity (Wildman–Crippen MR) is 72.7 cm³/mol. The Labute approximate surface area is 118 Å². The maximum Gasteiger partial charge on any atom is 0.505 e. The molecule has 0 saturated heterocycles. The second-order valence-electron chi connectivity index (χ2n) is 2.82. The van der Waals surface area contributed by atoms with Gasteiger partial charge in [0, 0.05) is 0 Å². The summed E-state index contributed by atoms with van der Waals surface area (Å²) in [6.07, 6.45) is 0. The topological polar surface area (TPSA) is 76.0 Å². The smallest absolute Gasteiger partial charge is 0.328 e. The summed E-state index contributed by atoms with van der Waals surface area (Å²) in [4.78, 5) is 15.9. The van der Waals surface area contributed by atoms with Gasteiger partial charge < -0.3 is 9.79 Å². The minimum atomic E-state index is -2.40. The molecule has 5 nitrogen and oxygen atoms in total. The molecule has 9 heteroatoms. The highest BCUT2D eigenvalue weighted by molar-refractivity contribution is 7.39. The lowest BCUT2D eigenvalue weighted by atomic mass is 10.2. The van der Waals surface area contributed by atoms with Gasteiger partial charge in [0.25, 0.3) is 0 Å². The molecule has 0 radical (unpaired) electrons. The van der Waals surface area contributed by atoms with Crippen molar-refractivity contribution >= 4 is 39.8 Å². The third-order valence-corrected chi connectivity index (χ3v) is 2.75. The first-order chi connectivity index (χ1) is 8.41. The summed E-state index contributed by atoms with van der Waals surface area (Å²) in [5.74, 6) is 0. The molecule has 0 amide bonds. The lowest BCUT2D eigenvalue weighted by molar-refractivity contribution is 0.276. The molecule has 0 aromatic heterocycles. The van der Waals surface area contributed by atoms with E-state index in [9.17, 15) is 4.57 Å². The molecule has 0 bridgehead atoms. The molecule has 0 fully saturated rings. The van der Waals surface area contributed by atoms with Gasteiger partial charge in [-0.2, -0.15) is 0 Å². The van der Waals surface area contributed by atoms with Crippen LogP contribution in [0.25, 0.3) is 0 Å². The summed E-state index contributed by atoms with van der Waals surface area (Å²) in [5, 5.41) is -1.15. The Kier molecular flexibility index (Phi) is 11.1. The fourth-order valence-electron chi connectivity index (χ4n) is 0.811. The van der Waals surface area contributed by atoms with Crippen LogP contribution in [0.5, 0.6) is 0 Å². The van der Waals surface area contributed by atoms with E-state index in [0.717, 1.165) is 5.56 Å². The first kappa shape index (κ1) is 18.2. The largest absolute Gasteiger partial charge is 0.505 e. The molecular formula is C9H13Cl2O5P2+. The van der Waals surface area contributed by atoms with Crippen molar-refractivity contribution in [3.8, 4) is 0 Å². The zero-order valence-electron chi connectivity index (χ0n) is 9.44. The quantitative estimate of drug-likeness (QED) is 0.636. The van der Waals surface area contributed by atoms with Gasteiger partial charge in [0.15, 0.2) is 6.66 Å². The Morgan fingerprint density at radius 3 is 2.22 bits per heavy atom. The summed E-state index contributed by atoms with van der Waals surface area (Å²) >= 11 is 9.82. The Morgan fingerprint density at radius 1 is 1.33 bits per heavy atom. The third-order valence-electron chi connectivity index (χ3n) is 1.43. The Morgan fingerprint density at radius 2 is 1.89 bits per heavy atom. The highest BCUT2D eigenvalue weighted by Crippen LogP contribution is 2.29. The van der Waals surface area contributed by atoms with Gasteiger partial charge in [-0.05, 0) is 10.1 Å². The average molecular weight is 334 g/mol. The number of rotatable bonds is 5.